The number of halogens is 2. The summed E-state index contributed by atoms with van der Waals surface area (Å²) in [5, 5.41) is 0. The molecule has 0 aliphatic carbocycles. The monoisotopic (exact) mass is 248 g/mol. The van der Waals surface area contributed by atoms with E-state index >= 15 is 0 Å². The first-order chi connectivity index (χ1) is 8.56. The van der Waals surface area contributed by atoms with Gasteiger partial charge in [0.2, 0.25) is 0 Å². The van der Waals surface area contributed by atoms with Crippen LogP contribution in [-0.4, -0.2) is 4.98 Å². The van der Waals surface area contributed by atoms with Crippen LogP contribution in [0.3, 0.4) is 0 Å². The minimum atomic E-state index is -0.462. The highest BCUT2D eigenvalue weighted by atomic mass is 19.1. The Bertz CT molecular complexity index is 555. The van der Waals surface area contributed by atoms with Crippen LogP contribution in [0, 0.1) is 18.6 Å². The molecule has 0 aliphatic heterocycles. The van der Waals surface area contributed by atoms with Crippen molar-refractivity contribution >= 4 is 0 Å². The van der Waals surface area contributed by atoms with Crippen LogP contribution in [0.15, 0.2) is 36.5 Å². The fourth-order valence-electron chi connectivity index (χ4n) is 1.80. The standard InChI is InChI=1S/C14H14F2N2/c1-9-4-5-18-14(6-9)13(17)8-10-7-11(15)2-3-12(10)16/h2-7,13H,8,17H2,1H3. The van der Waals surface area contributed by atoms with Gasteiger partial charge < -0.3 is 5.73 Å². The summed E-state index contributed by atoms with van der Waals surface area (Å²) in [5.41, 5.74) is 7.95. The minimum absolute atomic E-state index is 0.222. The van der Waals surface area contributed by atoms with Crippen LogP contribution in [0.5, 0.6) is 0 Å². The third-order valence-electron chi connectivity index (χ3n) is 2.76. The zero-order chi connectivity index (χ0) is 13.1. The second kappa shape index (κ2) is 5.23. The summed E-state index contributed by atoms with van der Waals surface area (Å²) in [6.07, 6.45) is 1.88. The van der Waals surface area contributed by atoms with E-state index in [1.54, 1.807) is 6.20 Å². The third-order valence-corrected chi connectivity index (χ3v) is 2.76. The first-order valence-electron chi connectivity index (χ1n) is 5.68. The lowest BCUT2D eigenvalue weighted by atomic mass is 10.0. The van der Waals surface area contributed by atoms with E-state index in [4.69, 9.17) is 5.73 Å². The Morgan fingerprint density at radius 2 is 2.00 bits per heavy atom. The van der Waals surface area contributed by atoms with E-state index in [9.17, 15) is 8.78 Å². The fourth-order valence-corrected chi connectivity index (χ4v) is 1.80. The molecule has 1 aromatic heterocycles. The number of aromatic nitrogens is 1. The first kappa shape index (κ1) is 12.6. The van der Waals surface area contributed by atoms with Crippen molar-refractivity contribution in [2.45, 2.75) is 19.4 Å². The van der Waals surface area contributed by atoms with E-state index in [-0.39, 0.29) is 12.0 Å². The van der Waals surface area contributed by atoms with E-state index in [1.807, 2.05) is 19.1 Å². The van der Waals surface area contributed by atoms with Crippen molar-refractivity contribution in [3.8, 4) is 0 Å². The number of aryl methyl sites for hydroxylation is 1. The van der Waals surface area contributed by atoms with Crippen molar-refractivity contribution in [1.82, 2.24) is 4.98 Å². The molecule has 1 aromatic carbocycles. The largest absolute Gasteiger partial charge is 0.322 e. The maximum absolute atomic E-state index is 13.5. The second-order valence-corrected chi connectivity index (χ2v) is 4.30. The zero-order valence-corrected chi connectivity index (χ0v) is 10.0. The van der Waals surface area contributed by atoms with Crippen LogP contribution in [0.1, 0.15) is 22.9 Å². The van der Waals surface area contributed by atoms with Crippen LogP contribution < -0.4 is 5.73 Å². The summed E-state index contributed by atoms with van der Waals surface area (Å²) in [4.78, 5) is 4.15. The summed E-state index contributed by atoms with van der Waals surface area (Å²) in [6.45, 7) is 1.93. The maximum atomic E-state index is 13.5. The SMILES string of the molecule is Cc1ccnc(C(N)Cc2cc(F)ccc2F)c1. The predicted molar refractivity (Wildman–Crippen MR) is 66.0 cm³/mol. The summed E-state index contributed by atoms with van der Waals surface area (Å²) in [5.74, 6) is -0.907. The van der Waals surface area contributed by atoms with E-state index in [0.29, 0.717) is 5.69 Å². The normalized spacial score (nSPS) is 12.4. The van der Waals surface area contributed by atoms with Gasteiger partial charge in [-0.15, -0.1) is 0 Å². The van der Waals surface area contributed by atoms with E-state index in [2.05, 4.69) is 4.98 Å². The molecule has 0 saturated heterocycles. The lowest BCUT2D eigenvalue weighted by molar-refractivity contribution is 0.570. The Kier molecular flexibility index (Phi) is 3.67. The third kappa shape index (κ3) is 2.90. The molecule has 1 heterocycles. The van der Waals surface area contributed by atoms with Gasteiger partial charge >= 0.3 is 0 Å². The molecule has 0 radical (unpaired) electrons. The van der Waals surface area contributed by atoms with Crippen LogP contribution in [0.4, 0.5) is 8.78 Å². The summed E-state index contributed by atoms with van der Waals surface area (Å²) in [7, 11) is 0. The van der Waals surface area contributed by atoms with Gasteiger partial charge in [-0.25, -0.2) is 8.78 Å². The molecule has 0 saturated carbocycles. The van der Waals surface area contributed by atoms with Crippen molar-refractivity contribution in [2.24, 2.45) is 5.73 Å². The average Bonchev–Trinajstić information content (AvgIpc) is 2.34. The number of pyridine rings is 1. The van der Waals surface area contributed by atoms with Crippen LogP contribution in [0.2, 0.25) is 0 Å². The number of hydrogen-bond donors (Lipinski definition) is 1. The molecule has 1 unspecified atom stereocenters. The molecule has 2 rings (SSSR count). The van der Waals surface area contributed by atoms with Gasteiger partial charge in [0, 0.05) is 6.20 Å². The van der Waals surface area contributed by atoms with Crippen molar-refractivity contribution in [3.05, 3.63) is 65.0 Å². The molecular weight excluding hydrogens is 234 g/mol. The van der Waals surface area contributed by atoms with Crippen LogP contribution in [-0.2, 0) is 6.42 Å². The quantitative estimate of drug-likeness (QED) is 0.907. The highest BCUT2D eigenvalue weighted by molar-refractivity contribution is 5.23. The number of nitrogens with zero attached hydrogens (tertiary/aromatic N) is 1. The summed E-state index contributed by atoms with van der Waals surface area (Å²) < 4.78 is 26.5. The Hall–Kier alpha value is -1.81. The van der Waals surface area contributed by atoms with Crippen LogP contribution in [0.25, 0.3) is 0 Å². The van der Waals surface area contributed by atoms with Crippen molar-refractivity contribution < 1.29 is 8.78 Å². The molecule has 4 heteroatoms. The van der Waals surface area contributed by atoms with E-state index < -0.39 is 17.7 Å². The predicted octanol–water partition coefficient (Wildman–Crippen LogP) is 2.91. The zero-order valence-electron chi connectivity index (χ0n) is 10.0. The molecule has 1 atom stereocenters. The van der Waals surface area contributed by atoms with E-state index in [0.717, 1.165) is 17.7 Å². The molecule has 2 nitrogen and oxygen atoms in total. The summed E-state index contributed by atoms with van der Waals surface area (Å²) in [6, 6.07) is 6.64. The Morgan fingerprint density at radius 3 is 2.72 bits per heavy atom. The van der Waals surface area contributed by atoms with Crippen molar-refractivity contribution in [3.63, 3.8) is 0 Å². The number of hydrogen-bond acceptors (Lipinski definition) is 2. The Labute approximate surface area is 104 Å². The highest BCUT2D eigenvalue weighted by Crippen LogP contribution is 2.18. The number of rotatable bonds is 3. The fraction of sp³-hybridized carbons (Fsp3) is 0.214. The Morgan fingerprint density at radius 1 is 1.22 bits per heavy atom. The van der Waals surface area contributed by atoms with Gasteiger partial charge in [0.25, 0.3) is 0 Å². The van der Waals surface area contributed by atoms with E-state index in [1.165, 1.54) is 6.07 Å². The Balaban J connectivity index is 2.21. The molecule has 2 aromatic rings. The first-order valence-corrected chi connectivity index (χ1v) is 5.68. The van der Waals surface area contributed by atoms with Gasteiger partial charge in [-0.05, 0) is 54.8 Å². The molecule has 0 fully saturated rings. The molecule has 0 spiro atoms. The smallest absolute Gasteiger partial charge is 0.126 e. The molecule has 0 bridgehead atoms. The highest BCUT2D eigenvalue weighted by Gasteiger charge is 2.12. The molecular formula is C14H14F2N2. The molecule has 2 N–H and O–H groups in total. The van der Waals surface area contributed by atoms with Crippen LogP contribution >= 0.6 is 0 Å². The van der Waals surface area contributed by atoms with Gasteiger partial charge in [0.1, 0.15) is 11.6 Å². The van der Waals surface area contributed by atoms with Crippen molar-refractivity contribution in [1.29, 1.82) is 0 Å². The number of nitrogens with two attached hydrogens (primary N) is 1. The summed E-state index contributed by atoms with van der Waals surface area (Å²) >= 11 is 0. The van der Waals surface area contributed by atoms with Gasteiger partial charge in [-0.1, -0.05) is 0 Å². The topological polar surface area (TPSA) is 38.9 Å². The lowest BCUT2D eigenvalue weighted by Gasteiger charge is -2.12. The van der Waals surface area contributed by atoms with Gasteiger partial charge in [0.05, 0.1) is 11.7 Å². The number of benzene rings is 1. The minimum Gasteiger partial charge on any atom is -0.322 e. The molecule has 0 amide bonds. The van der Waals surface area contributed by atoms with Gasteiger partial charge in [-0.2, -0.15) is 0 Å². The van der Waals surface area contributed by atoms with Gasteiger partial charge in [0.15, 0.2) is 0 Å². The van der Waals surface area contributed by atoms with Gasteiger partial charge in [-0.3, -0.25) is 4.98 Å². The second-order valence-electron chi connectivity index (χ2n) is 4.30. The van der Waals surface area contributed by atoms with Crippen molar-refractivity contribution in [2.75, 3.05) is 0 Å². The molecule has 94 valence electrons. The maximum Gasteiger partial charge on any atom is 0.126 e. The molecule has 0 aliphatic rings. The molecule has 18 heavy (non-hydrogen) atoms. The average molecular weight is 248 g/mol. The lowest BCUT2D eigenvalue weighted by Crippen LogP contribution is -2.16.